The lowest BCUT2D eigenvalue weighted by atomic mass is 9.87. The molecule has 2 rings (SSSR count). The summed E-state index contributed by atoms with van der Waals surface area (Å²) in [5.74, 6) is 1.04. The number of imidazole rings is 1. The number of aliphatic hydroxyl groups excluding tert-OH is 1. The molecule has 2 aromatic rings. The predicted octanol–water partition coefficient (Wildman–Crippen LogP) is 2.46. The summed E-state index contributed by atoms with van der Waals surface area (Å²) in [6.45, 7) is 7.78. The van der Waals surface area contributed by atoms with Gasteiger partial charge in [-0.25, -0.2) is 4.98 Å². The number of fused-ring (bicyclic) bond motifs is 1. The molecule has 0 aliphatic rings. The van der Waals surface area contributed by atoms with Crippen LogP contribution in [-0.4, -0.2) is 27.3 Å². The zero-order chi connectivity index (χ0) is 14.8. The fourth-order valence-corrected chi connectivity index (χ4v) is 2.74. The minimum Gasteiger partial charge on any atom is -0.393 e. The molecule has 0 amide bonds. The molecule has 1 aromatic heterocycles. The second-order valence-corrected chi connectivity index (χ2v) is 6.40. The minimum atomic E-state index is -0.262. The monoisotopic (exact) mass is 275 g/mol. The van der Waals surface area contributed by atoms with E-state index < -0.39 is 0 Å². The van der Waals surface area contributed by atoms with Gasteiger partial charge in [0.25, 0.3) is 0 Å². The summed E-state index contributed by atoms with van der Waals surface area (Å²) < 4.78 is 2.13. The van der Waals surface area contributed by atoms with Crippen LogP contribution in [0, 0.1) is 5.41 Å². The molecule has 4 heteroatoms. The molecule has 0 saturated carbocycles. The van der Waals surface area contributed by atoms with Crippen molar-refractivity contribution >= 4 is 11.0 Å². The summed E-state index contributed by atoms with van der Waals surface area (Å²) in [6.07, 6.45) is 0.533. The molecule has 4 nitrogen and oxygen atoms in total. The Hall–Kier alpha value is -1.39. The van der Waals surface area contributed by atoms with Crippen molar-refractivity contribution in [3.05, 3.63) is 30.1 Å². The first kappa shape index (κ1) is 15.0. The molecule has 2 N–H and O–H groups in total. The summed E-state index contributed by atoms with van der Waals surface area (Å²) in [6, 6.07) is 8.17. The number of para-hydroxylation sites is 2. The quantitative estimate of drug-likeness (QED) is 0.851. The summed E-state index contributed by atoms with van der Waals surface area (Å²) >= 11 is 0. The van der Waals surface area contributed by atoms with Gasteiger partial charge >= 0.3 is 0 Å². The van der Waals surface area contributed by atoms with Crippen LogP contribution in [-0.2, 0) is 13.6 Å². The third kappa shape index (κ3) is 3.58. The first-order chi connectivity index (χ1) is 9.39. The van der Waals surface area contributed by atoms with Gasteiger partial charge in [-0.05, 0) is 30.9 Å². The van der Waals surface area contributed by atoms with Crippen molar-refractivity contribution in [3.8, 4) is 0 Å². The first-order valence-electron chi connectivity index (χ1n) is 7.18. The lowest BCUT2D eigenvalue weighted by molar-refractivity contribution is 0.128. The third-order valence-electron chi connectivity index (χ3n) is 3.61. The normalized spacial score (nSPS) is 13.8. The molecule has 0 radical (unpaired) electrons. The van der Waals surface area contributed by atoms with Crippen molar-refractivity contribution in [2.24, 2.45) is 12.5 Å². The van der Waals surface area contributed by atoms with E-state index in [9.17, 15) is 5.11 Å². The molecule has 1 heterocycles. The molecule has 0 fully saturated rings. The Morgan fingerprint density at radius 2 is 2.05 bits per heavy atom. The maximum atomic E-state index is 9.50. The van der Waals surface area contributed by atoms with Crippen LogP contribution in [0.3, 0.4) is 0 Å². The molecule has 110 valence electrons. The Kier molecular flexibility index (Phi) is 4.45. The van der Waals surface area contributed by atoms with Crippen molar-refractivity contribution in [1.29, 1.82) is 0 Å². The first-order valence-corrected chi connectivity index (χ1v) is 7.18. The standard InChI is InChI=1S/C16H25N3O/c1-12(20)9-16(2,3)11-17-10-15-18-13-7-5-6-8-14(13)19(15)4/h5-8,12,17,20H,9-11H2,1-4H3. The van der Waals surface area contributed by atoms with E-state index in [1.54, 1.807) is 0 Å². The van der Waals surface area contributed by atoms with Crippen LogP contribution in [0.15, 0.2) is 24.3 Å². The van der Waals surface area contributed by atoms with Crippen LogP contribution in [0.2, 0.25) is 0 Å². The number of aryl methyl sites for hydroxylation is 1. The topological polar surface area (TPSA) is 50.1 Å². The molecule has 0 aliphatic heterocycles. The van der Waals surface area contributed by atoms with Crippen molar-refractivity contribution in [2.75, 3.05) is 6.54 Å². The molecule has 1 aromatic carbocycles. The van der Waals surface area contributed by atoms with E-state index in [0.29, 0.717) is 0 Å². The van der Waals surface area contributed by atoms with Crippen molar-refractivity contribution in [1.82, 2.24) is 14.9 Å². The number of nitrogens with zero attached hydrogens (tertiary/aromatic N) is 2. The van der Waals surface area contributed by atoms with Crippen molar-refractivity contribution < 1.29 is 5.11 Å². The number of hydrogen-bond donors (Lipinski definition) is 2. The molecule has 1 unspecified atom stereocenters. The smallest absolute Gasteiger partial charge is 0.123 e. The highest BCUT2D eigenvalue weighted by molar-refractivity contribution is 5.75. The Morgan fingerprint density at radius 1 is 1.35 bits per heavy atom. The van der Waals surface area contributed by atoms with E-state index in [0.717, 1.165) is 36.4 Å². The van der Waals surface area contributed by atoms with Gasteiger partial charge in [0.2, 0.25) is 0 Å². The molecular formula is C16H25N3O. The van der Waals surface area contributed by atoms with Gasteiger partial charge in [0.05, 0.1) is 23.7 Å². The second kappa shape index (κ2) is 5.94. The van der Waals surface area contributed by atoms with Crippen LogP contribution in [0.4, 0.5) is 0 Å². The van der Waals surface area contributed by atoms with Crippen LogP contribution in [0.1, 0.15) is 33.0 Å². The third-order valence-corrected chi connectivity index (χ3v) is 3.61. The highest BCUT2D eigenvalue weighted by Gasteiger charge is 2.20. The molecule has 0 bridgehead atoms. The number of aliphatic hydroxyl groups is 1. The molecule has 20 heavy (non-hydrogen) atoms. The van der Waals surface area contributed by atoms with Gasteiger partial charge in [-0.1, -0.05) is 26.0 Å². The molecular weight excluding hydrogens is 250 g/mol. The highest BCUT2D eigenvalue weighted by atomic mass is 16.3. The fourth-order valence-electron chi connectivity index (χ4n) is 2.74. The van der Waals surface area contributed by atoms with Gasteiger partial charge in [0, 0.05) is 13.6 Å². The van der Waals surface area contributed by atoms with E-state index in [-0.39, 0.29) is 11.5 Å². The Morgan fingerprint density at radius 3 is 2.70 bits per heavy atom. The van der Waals surface area contributed by atoms with Crippen LogP contribution in [0.5, 0.6) is 0 Å². The maximum absolute atomic E-state index is 9.50. The van der Waals surface area contributed by atoms with Crippen molar-refractivity contribution in [2.45, 2.75) is 39.8 Å². The zero-order valence-electron chi connectivity index (χ0n) is 12.8. The summed E-state index contributed by atoms with van der Waals surface area (Å²) in [5, 5.41) is 13.0. The Balaban J connectivity index is 1.98. The Bertz CT molecular complexity index is 572. The molecule has 1 atom stereocenters. The average molecular weight is 275 g/mol. The maximum Gasteiger partial charge on any atom is 0.123 e. The lowest BCUT2D eigenvalue weighted by Crippen LogP contribution is -2.32. The lowest BCUT2D eigenvalue weighted by Gasteiger charge is -2.26. The van der Waals surface area contributed by atoms with Gasteiger partial charge in [-0.3, -0.25) is 0 Å². The summed E-state index contributed by atoms with van der Waals surface area (Å²) in [7, 11) is 2.05. The average Bonchev–Trinajstić information content (AvgIpc) is 2.65. The van der Waals surface area contributed by atoms with Gasteiger partial charge in [0.15, 0.2) is 0 Å². The highest BCUT2D eigenvalue weighted by Crippen LogP contribution is 2.21. The van der Waals surface area contributed by atoms with E-state index in [4.69, 9.17) is 0 Å². The van der Waals surface area contributed by atoms with Gasteiger partial charge in [0.1, 0.15) is 5.82 Å². The van der Waals surface area contributed by atoms with Gasteiger partial charge < -0.3 is 15.0 Å². The summed E-state index contributed by atoms with van der Waals surface area (Å²) in [5.41, 5.74) is 2.28. The van der Waals surface area contributed by atoms with E-state index in [2.05, 4.69) is 34.8 Å². The van der Waals surface area contributed by atoms with Crippen LogP contribution < -0.4 is 5.32 Å². The van der Waals surface area contributed by atoms with Crippen LogP contribution in [0.25, 0.3) is 11.0 Å². The second-order valence-electron chi connectivity index (χ2n) is 6.40. The SMILES string of the molecule is CC(O)CC(C)(C)CNCc1nc2ccccc2n1C. The van der Waals surface area contributed by atoms with Gasteiger partial charge in [-0.2, -0.15) is 0 Å². The zero-order valence-corrected chi connectivity index (χ0v) is 12.8. The number of aromatic nitrogens is 2. The van der Waals surface area contributed by atoms with Gasteiger partial charge in [-0.15, -0.1) is 0 Å². The molecule has 0 saturated heterocycles. The van der Waals surface area contributed by atoms with E-state index in [1.807, 2.05) is 32.2 Å². The predicted molar refractivity (Wildman–Crippen MR) is 82.5 cm³/mol. The van der Waals surface area contributed by atoms with Crippen molar-refractivity contribution in [3.63, 3.8) is 0 Å². The molecule has 0 spiro atoms. The number of nitrogens with one attached hydrogen (secondary N) is 1. The fraction of sp³-hybridized carbons (Fsp3) is 0.562. The van der Waals surface area contributed by atoms with E-state index in [1.165, 1.54) is 0 Å². The molecule has 0 aliphatic carbocycles. The van der Waals surface area contributed by atoms with Crippen LogP contribution >= 0.6 is 0 Å². The number of benzene rings is 1. The Labute approximate surface area is 120 Å². The number of hydrogen-bond acceptors (Lipinski definition) is 3. The van der Waals surface area contributed by atoms with E-state index >= 15 is 0 Å². The largest absolute Gasteiger partial charge is 0.393 e. The number of rotatable bonds is 6. The summed E-state index contributed by atoms with van der Waals surface area (Å²) in [4.78, 5) is 4.64. The minimum absolute atomic E-state index is 0.0821.